The van der Waals surface area contributed by atoms with E-state index < -0.39 is 0 Å². The summed E-state index contributed by atoms with van der Waals surface area (Å²) in [5.74, 6) is 2.35. The summed E-state index contributed by atoms with van der Waals surface area (Å²) >= 11 is 0. The molecule has 0 aromatic rings. The number of hydrogen-bond acceptors (Lipinski definition) is 3. The van der Waals surface area contributed by atoms with Gasteiger partial charge in [-0.2, -0.15) is 0 Å². The first-order valence-corrected chi connectivity index (χ1v) is 6.09. The Balaban J connectivity index is 2.03. The van der Waals surface area contributed by atoms with E-state index in [1.807, 2.05) is 0 Å². The maximum Gasteiger partial charge on any atom is 0.191 e. The van der Waals surface area contributed by atoms with Gasteiger partial charge in [0, 0.05) is 6.54 Å². The van der Waals surface area contributed by atoms with Gasteiger partial charge in [-0.25, -0.2) is 0 Å². The molecule has 3 nitrogen and oxygen atoms in total. The van der Waals surface area contributed by atoms with Crippen LogP contribution in [0, 0.1) is 11.8 Å². The molecule has 1 saturated carbocycles. The van der Waals surface area contributed by atoms with Crippen molar-refractivity contribution < 1.29 is 0 Å². The van der Waals surface area contributed by atoms with Crippen LogP contribution >= 0.6 is 0 Å². The largest absolute Gasteiger partial charge is 0.370 e. The van der Waals surface area contributed by atoms with E-state index >= 15 is 0 Å². The number of aliphatic imine (C=N–C) groups is 1. The van der Waals surface area contributed by atoms with Gasteiger partial charge < -0.3 is 10.6 Å². The topological polar surface area (TPSA) is 41.6 Å². The van der Waals surface area contributed by atoms with Crippen LogP contribution in [-0.4, -0.2) is 29.5 Å². The molecule has 2 aliphatic rings. The molecule has 15 heavy (non-hydrogen) atoms. The van der Waals surface area contributed by atoms with Crippen molar-refractivity contribution in [2.45, 2.75) is 45.6 Å². The maximum absolute atomic E-state index is 5.98. The molecule has 0 bridgehead atoms. The maximum atomic E-state index is 5.98. The van der Waals surface area contributed by atoms with Crippen molar-refractivity contribution in [3.05, 3.63) is 0 Å². The molecule has 3 heteroatoms. The quantitative estimate of drug-likeness (QED) is 0.767. The number of rotatable bonds is 4. The molecule has 0 saturated heterocycles. The standard InChI is InChI=1S/C12H23N3/c1-9(2)6-12(3)8-14-11(13)15(12)7-10-4-5-10/h9-10H,4-8H2,1-3H3,(H2,13,14). The zero-order valence-corrected chi connectivity index (χ0v) is 10.2. The second kappa shape index (κ2) is 3.69. The van der Waals surface area contributed by atoms with Gasteiger partial charge >= 0.3 is 0 Å². The Labute approximate surface area is 92.7 Å². The first-order valence-electron chi connectivity index (χ1n) is 6.09. The van der Waals surface area contributed by atoms with E-state index in [1.54, 1.807) is 0 Å². The molecule has 2 N–H and O–H groups in total. The molecule has 1 heterocycles. The summed E-state index contributed by atoms with van der Waals surface area (Å²) in [6, 6.07) is 0. The molecule has 1 unspecified atom stereocenters. The third kappa shape index (κ3) is 2.27. The van der Waals surface area contributed by atoms with Gasteiger partial charge in [-0.1, -0.05) is 13.8 Å². The van der Waals surface area contributed by atoms with E-state index in [1.165, 1.54) is 19.3 Å². The van der Waals surface area contributed by atoms with Crippen LogP contribution in [0.5, 0.6) is 0 Å². The van der Waals surface area contributed by atoms with E-state index in [2.05, 4.69) is 30.7 Å². The monoisotopic (exact) mass is 209 g/mol. The molecule has 1 aliphatic carbocycles. The highest BCUT2D eigenvalue weighted by Crippen LogP contribution is 2.35. The van der Waals surface area contributed by atoms with Crippen molar-refractivity contribution >= 4 is 5.96 Å². The fraction of sp³-hybridized carbons (Fsp3) is 0.917. The lowest BCUT2D eigenvalue weighted by molar-refractivity contribution is 0.180. The van der Waals surface area contributed by atoms with Crippen LogP contribution in [0.1, 0.15) is 40.0 Å². The van der Waals surface area contributed by atoms with Crippen LogP contribution in [-0.2, 0) is 0 Å². The highest BCUT2D eigenvalue weighted by atomic mass is 15.4. The molecule has 0 radical (unpaired) electrons. The minimum Gasteiger partial charge on any atom is -0.370 e. The van der Waals surface area contributed by atoms with Gasteiger partial charge in [0.15, 0.2) is 5.96 Å². The Morgan fingerprint density at radius 1 is 1.53 bits per heavy atom. The molecule has 2 rings (SSSR count). The fourth-order valence-electron chi connectivity index (χ4n) is 2.63. The average Bonchev–Trinajstić information content (AvgIpc) is 2.88. The van der Waals surface area contributed by atoms with E-state index in [4.69, 9.17) is 5.73 Å². The predicted octanol–water partition coefficient (Wildman–Crippen LogP) is 1.83. The van der Waals surface area contributed by atoms with Crippen molar-refractivity contribution in [2.75, 3.05) is 13.1 Å². The van der Waals surface area contributed by atoms with E-state index in [0.29, 0.717) is 5.92 Å². The minimum absolute atomic E-state index is 0.181. The van der Waals surface area contributed by atoms with Gasteiger partial charge in [-0.05, 0) is 38.0 Å². The molecule has 0 aromatic heterocycles. The Hall–Kier alpha value is -0.730. The van der Waals surface area contributed by atoms with Crippen molar-refractivity contribution in [3.8, 4) is 0 Å². The van der Waals surface area contributed by atoms with Crippen LogP contribution in [0.3, 0.4) is 0 Å². The lowest BCUT2D eigenvalue weighted by atomic mass is 9.90. The number of hydrogen-bond donors (Lipinski definition) is 1. The molecule has 1 fully saturated rings. The highest BCUT2D eigenvalue weighted by Gasteiger charge is 2.40. The average molecular weight is 209 g/mol. The van der Waals surface area contributed by atoms with Crippen molar-refractivity contribution in [1.29, 1.82) is 0 Å². The van der Waals surface area contributed by atoms with Crippen molar-refractivity contribution in [3.63, 3.8) is 0 Å². The number of nitrogens with two attached hydrogens (primary N) is 1. The number of guanidine groups is 1. The molecule has 1 aliphatic heterocycles. The lowest BCUT2D eigenvalue weighted by Gasteiger charge is -2.37. The van der Waals surface area contributed by atoms with Gasteiger partial charge in [0.1, 0.15) is 0 Å². The second-order valence-corrected chi connectivity index (χ2v) is 5.82. The third-order valence-corrected chi connectivity index (χ3v) is 3.50. The Morgan fingerprint density at radius 3 is 2.73 bits per heavy atom. The van der Waals surface area contributed by atoms with Crippen LogP contribution in [0.15, 0.2) is 4.99 Å². The molecular formula is C12H23N3. The fourth-order valence-corrected chi connectivity index (χ4v) is 2.63. The van der Waals surface area contributed by atoms with Gasteiger partial charge in [0.2, 0.25) is 0 Å². The molecule has 0 amide bonds. The smallest absolute Gasteiger partial charge is 0.191 e. The summed E-state index contributed by atoms with van der Waals surface area (Å²) in [4.78, 5) is 6.78. The van der Waals surface area contributed by atoms with Gasteiger partial charge in [0.25, 0.3) is 0 Å². The second-order valence-electron chi connectivity index (χ2n) is 5.82. The zero-order valence-electron chi connectivity index (χ0n) is 10.2. The summed E-state index contributed by atoms with van der Waals surface area (Å²) in [6.45, 7) is 8.85. The van der Waals surface area contributed by atoms with E-state index in [0.717, 1.165) is 25.0 Å². The Morgan fingerprint density at radius 2 is 2.20 bits per heavy atom. The SMILES string of the molecule is CC(C)CC1(C)CN=C(N)N1CC1CC1. The molecule has 0 aromatic carbocycles. The summed E-state index contributed by atoms with van der Waals surface area (Å²) in [5.41, 5.74) is 6.16. The molecular weight excluding hydrogens is 186 g/mol. The Kier molecular flexibility index (Phi) is 2.65. The summed E-state index contributed by atoms with van der Waals surface area (Å²) in [5, 5.41) is 0. The van der Waals surface area contributed by atoms with E-state index in [-0.39, 0.29) is 5.54 Å². The first kappa shape index (κ1) is 10.8. The lowest BCUT2D eigenvalue weighted by Crippen LogP contribution is -2.51. The third-order valence-electron chi connectivity index (χ3n) is 3.50. The molecule has 86 valence electrons. The van der Waals surface area contributed by atoms with E-state index in [9.17, 15) is 0 Å². The highest BCUT2D eigenvalue weighted by molar-refractivity contribution is 5.81. The number of nitrogens with zero attached hydrogens (tertiary/aromatic N) is 2. The summed E-state index contributed by atoms with van der Waals surface area (Å²) in [7, 11) is 0. The Bertz CT molecular complexity index is 268. The van der Waals surface area contributed by atoms with Gasteiger partial charge in [-0.3, -0.25) is 4.99 Å². The van der Waals surface area contributed by atoms with Crippen molar-refractivity contribution in [2.24, 2.45) is 22.6 Å². The van der Waals surface area contributed by atoms with Crippen LogP contribution < -0.4 is 5.73 Å². The van der Waals surface area contributed by atoms with Crippen molar-refractivity contribution in [1.82, 2.24) is 4.90 Å². The summed E-state index contributed by atoms with van der Waals surface area (Å²) in [6.07, 6.45) is 3.94. The van der Waals surface area contributed by atoms with Crippen LogP contribution in [0.4, 0.5) is 0 Å². The van der Waals surface area contributed by atoms with Crippen LogP contribution in [0.25, 0.3) is 0 Å². The van der Waals surface area contributed by atoms with Crippen LogP contribution in [0.2, 0.25) is 0 Å². The summed E-state index contributed by atoms with van der Waals surface area (Å²) < 4.78 is 0. The molecule has 0 spiro atoms. The minimum atomic E-state index is 0.181. The van der Waals surface area contributed by atoms with Gasteiger partial charge in [-0.15, -0.1) is 0 Å². The van der Waals surface area contributed by atoms with Gasteiger partial charge in [0.05, 0.1) is 12.1 Å². The first-order chi connectivity index (χ1) is 7.01. The normalized spacial score (nSPS) is 31.2. The molecule has 1 atom stereocenters. The predicted molar refractivity (Wildman–Crippen MR) is 63.8 cm³/mol. The zero-order chi connectivity index (χ0) is 11.1.